The number of hydrogen-bond acceptors (Lipinski definition) is 2. The highest BCUT2D eigenvalue weighted by Gasteiger charge is 2.35. The summed E-state index contributed by atoms with van der Waals surface area (Å²) in [4.78, 5) is 12.0. The van der Waals surface area contributed by atoms with Crippen molar-refractivity contribution >= 4 is 23.2 Å². The quantitative estimate of drug-likeness (QED) is 0.822. The number of carbonyl (C=O) groups is 1. The summed E-state index contributed by atoms with van der Waals surface area (Å²) in [5, 5.41) is 3.48. The standard InChI is InChI=1S/C14H19ClN2O/c1-2-14(6-3-7-14)9-17-13(18)10-4-5-11(15)12(16)8-10/h4-5,8H,2-3,6-7,9,16H2,1H3,(H,17,18). The van der Waals surface area contributed by atoms with Crippen LogP contribution in [0.15, 0.2) is 18.2 Å². The highest BCUT2D eigenvalue weighted by atomic mass is 35.5. The van der Waals surface area contributed by atoms with Gasteiger partial charge in [0.05, 0.1) is 10.7 Å². The number of benzene rings is 1. The van der Waals surface area contributed by atoms with Gasteiger partial charge >= 0.3 is 0 Å². The van der Waals surface area contributed by atoms with Gasteiger partial charge in [-0.2, -0.15) is 0 Å². The van der Waals surface area contributed by atoms with Crippen molar-refractivity contribution in [2.75, 3.05) is 12.3 Å². The van der Waals surface area contributed by atoms with Crippen LogP contribution in [0, 0.1) is 5.41 Å². The van der Waals surface area contributed by atoms with Crippen LogP contribution in [0.2, 0.25) is 5.02 Å². The molecular weight excluding hydrogens is 248 g/mol. The fraction of sp³-hybridized carbons (Fsp3) is 0.500. The number of nitrogens with two attached hydrogens (primary N) is 1. The minimum absolute atomic E-state index is 0.0712. The van der Waals surface area contributed by atoms with Gasteiger partial charge in [0, 0.05) is 12.1 Å². The summed E-state index contributed by atoms with van der Waals surface area (Å²) in [5.41, 5.74) is 7.03. The zero-order valence-corrected chi connectivity index (χ0v) is 11.4. The first-order chi connectivity index (χ1) is 8.56. The van der Waals surface area contributed by atoms with Gasteiger partial charge in [-0.1, -0.05) is 24.9 Å². The van der Waals surface area contributed by atoms with Gasteiger partial charge < -0.3 is 11.1 Å². The molecule has 1 aromatic carbocycles. The van der Waals surface area contributed by atoms with Crippen molar-refractivity contribution in [3.8, 4) is 0 Å². The molecule has 1 aliphatic carbocycles. The lowest BCUT2D eigenvalue weighted by Crippen LogP contribution is -2.41. The molecule has 1 fully saturated rings. The Morgan fingerprint density at radius 2 is 2.22 bits per heavy atom. The fourth-order valence-electron chi connectivity index (χ4n) is 2.39. The third-order valence-electron chi connectivity index (χ3n) is 4.05. The molecule has 1 aromatic rings. The number of hydrogen-bond donors (Lipinski definition) is 2. The number of anilines is 1. The van der Waals surface area contributed by atoms with Crippen LogP contribution in [-0.4, -0.2) is 12.5 Å². The predicted octanol–water partition coefficient (Wildman–Crippen LogP) is 3.23. The topological polar surface area (TPSA) is 55.1 Å². The Kier molecular flexibility index (Phi) is 3.81. The summed E-state index contributed by atoms with van der Waals surface area (Å²) >= 11 is 5.83. The largest absolute Gasteiger partial charge is 0.398 e. The van der Waals surface area contributed by atoms with E-state index in [0.717, 1.165) is 13.0 Å². The van der Waals surface area contributed by atoms with Crippen LogP contribution in [0.25, 0.3) is 0 Å². The van der Waals surface area contributed by atoms with Gasteiger partial charge in [-0.3, -0.25) is 4.79 Å². The molecule has 1 amide bonds. The molecule has 4 heteroatoms. The molecule has 0 aromatic heterocycles. The molecule has 2 rings (SSSR count). The number of carbonyl (C=O) groups excluding carboxylic acids is 1. The maximum Gasteiger partial charge on any atom is 0.251 e. The minimum atomic E-state index is -0.0712. The van der Waals surface area contributed by atoms with Crippen molar-refractivity contribution in [1.82, 2.24) is 5.32 Å². The van der Waals surface area contributed by atoms with E-state index in [9.17, 15) is 4.79 Å². The van der Waals surface area contributed by atoms with Crippen molar-refractivity contribution in [3.05, 3.63) is 28.8 Å². The van der Waals surface area contributed by atoms with Crippen LogP contribution in [0.5, 0.6) is 0 Å². The normalized spacial score (nSPS) is 17.0. The summed E-state index contributed by atoms with van der Waals surface area (Å²) in [6, 6.07) is 4.98. The third-order valence-corrected chi connectivity index (χ3v) is 4.39. The highest BCUT2D eigenvalue weighted by Crippen LogP contribution is 2.43. The van der Waals surface area contributed by atoms with Crippen molar-refractivity contribution in [1.29, 1.82) is 0 Å². The van der Waals surface area contributed by atoms with Gasteiger partial charge in [0.1, 0.15) is 0 Å². The number of halogens is 1. The molecule has 3 N–H and O–H groups in total. The Balaban J connectivity index is 1.97. The SMILES string of the molecule is CCC1(CNC(=O)c2ccc(Cl)c(N)c2)CCC1. The Hall–Kier alpha value is -1.22. The van der Waals surface area contributed by atoms with Crippen LogP contribution >= 0.6 is 11.6 Å². The lowest BCUT2D eigenvalue weighted by atomic mass is 9.67. The molecule has 18 heavy (non-hydrogen) atoms. The van der Waals surface area contributed by atoms with Crippen LogP contribution in [-0.2, 0) is 0 Å². The zero-order chi connectivity index (χ0) is 13.2. The summed E-state index contributed by atoms with van der Waals surface area (Å²) in [5.74, 6) is -0.0712. The summed E-state index contributed by atoms with van der Waals surface area (Å²) in [7, 11) is 0. The Labute approximate surface area is 113 Å². The first-order valence-corrected chi connectivity index (χ1v) is 6.77. The van der Waals surface area contributed by atoms with Crippen molar-refractivity contribution in [3.63, 3.8) is 0 Å². The fourth-order valence-corrected chi connectivity index (χ4v) is 2.50. The van der Waals surface area contributed by atoms with Gasteiger partial charge in [0.2, 0.25) is 0 Å². The van der Waals surface area contributed by atoms with Crippen molar-refractivity contribution in [2.45, 2.75) is 32.6 Å². The second-order valence-electron chi connectivity index (χ2n) is 5.13. The van der Waals surface area contributed by atoms with E-state index in [-0.39, 0.29) is 5.91 Å². The summed E-state index contributed by atoms with van der Waals surface area (Å²) < 4.78 is 0. The maximum absolute atomic E-state index is 12.0. The first kappa shape index (κ1) is 13.2. The summed E-state index contributed by atoms with van der Waals surface area (Å²) in [6.45, 7) is 2.94. The molecule has 1 aliphatic rings. The minimum Gasteiger partial charge on any atom is -0.398 e. The Morgan fingerprint density at radius 3 is 2.72 bits per heavy atom. The Bertz CT molecular complexity index is 450. The second kappa shape index (κ2) is 5.19. The number of rotatable bonds is 4. The summed E-state index contributed by atoms with van der Waals surface area (Å²) in [6.07, 6.45) is 4.83. The van der Waals surface area contributed by atoms with Gasteiger partial charge in [-0.25, -0.2) is 0 Å². The molecule has 0 saturated heterocycles. The van der Waals surface area contributed by atoms with E-state index in [1.54, 1.807) is 18.2 Å². The van der Waals surface area contributed by atoms with Crippen LogP contribution < -0.4 is 11.1 Å². The molecule has 0 radical (unpaired) electrons. The van der Waals surface area contributed by atoms with Gasteiger partial charge in [0.15, 0.2) is 0 Å². The molecule has 0 bridgehead atoms. The second-order valence-corrected chi connectivity index (χ2v) is 5.53. The van der Waals surface area contributed by atoms with Crippen LogP contribution in [0.4, 0.5) is 5.69 Å². The van der Waals surface area contributed by atoms with E-state index in [2.05, 4.69) is 12.2 Å². The van der Waals surface area contributed by atoms with E-state index in [1.807, 2.05) is 0 Å². The van der Waals surface area contributed by atoms with E-state index >= 15 is 0 Å². The number of nitrogen functional groups attached to an aromatic ring is 1. The predicted molar refractivity (Wildman–Crippen MR) is 74.8 cm³/mol. The van der Waals surface area contributed by atoms with Gasteiger partial charge in [-0.05, 0) is 42.9 Å². The van der Waals surface area contributed by atoms with Crippen LogP contribution in [0.3, 0.4) is 0 Å². The number of nitrogens with one attached hydrogen (secondary N) is 1. The van der Waals surface area contributed by atoms with E-state index < -0.39 is 0 Å². The molecule has 0 aliphatic heterocycles. The molecular formula is C14H19ClN2O. The van der Waals surface area contributed by atoms with Gasteiger partial charge in [-0.15, -0.1) is 0 Å². The molecule has 0 atom stereocenters. The lowest BCUT2D eigenvalue weighted by molar-refractivity contribution is 0.0850. The highest BCUT2D eigenvalue weighted by molar-refractivity contribution is 6.33. The molecule has 0 spiro atoms. The zero-order valence-electron chi connectivity index (χ0n) is 10.6. The van der Waals surface area contributed by atoms with Crippen LogP contribution in [0.1, 0.15) is 43.0 Å². The monoisotopic (exact) mass is 266 g/mol. The van der Waals surface area contributed by atoms with E-state index in [1.165, 1.54) is 19.3 Å². The molecule has 98 valence electrons. The molecule has 1 saturated carbocycles. The Morgan fingerprint density at radius 1 is 1.50 bits per heavy atom. The smallest absolute Gasteiger partial charge is 0.251 e. The average molecular weight is 267 g/mol. The maximum atomic E-state index is 12.0. The lowest BCUT2D eigenvalue weighted by Gasteiger charge is -2.41. The van der Waals surface area contributed by atoms with Crippen molar-refractivity contribution in [2.24, 2.45) is 5.41 Å². The van der Waals surface area contributed by atoms with Gasteiger partial charge in [0.25, 0.3) is 5.91 Å². The third kappa shape index (κ3) is 2.61. The average Bonchev–Trinajstić information content (AvgIpc) is 2.31. The molecule has 3 nitrogen and oxygen atoms in total. The molecule has 0 unspecified atom stereocenters. The molecule has 0 heterocycles. The van der Waals surface area contributed by atoms with E-state index in [4.69, 9.17) is 17.3 Å². The van der Waals surface area contributed by atoms with E-state index in [0.29, 0.717) is 21.7 Å². The first-order valence-electron chi connectivity index (χ1n) is 6.39. The van der Waals surface area contributed by atoms with Crippen molar-refractivity contribution < 1.29 is 4.79 Å². The number of amides is 1.